The summed E-state index contributed by atoms with van der Waals surface area (Å²) in [6.07, 6.45) is 0.775. The molecule has 0 aliphatic rings. The first kappa shape index (κ1) is 10.6. The summed E-state index contributed by atoms with van der Waals surface area (Å²) >= 11 is 0. The fraction of sp³-hybridized carbons (Fsp3) is 0.714. The van der Waals surface area contributed by atoms with Crippen molar-refractivity contribution in [2.45, 2.75) is 13.3 Å². The van der Waals surface area contributed by atoms with Crippen molar-refractivity contribution in [3.05, 3.63) is 5.82 Å². The number of carbonyl (C=O) groups is 1. The van der Waals surface area contributed by atoms with Crippen LogP contribution in [0.15, 0.2) is 0 Å². The number of rotatable bonds is 6. The van der Waals surface area contributed by atoms with Gasteiger partial charge in [0.1, 0.15) is 0 Å². The van der Waals surface area contributed by atoms with E-state index in [1.165, 1.54) is 0 Å². The third kappa shape index (κ3) is 3.48. The molecule has 0 saturated heterocycles. The first-order chi connectivity index (χ1) is 6.84. The monoisotopic (exact) mass is 199 g/mol. The van der Waals surface area contributed by atoms with E-state index in [9.17, 15) is 4.79 Å². The fourth-order valence-corrected chi connectivity index (χ4v) is 0.858. The third-order valence-electron chi connectivity index (χ3n) is 1.50. The molecule has 0 aromatic carbocycles. The molecule has 14 heavy (non-hydrogen) atoms. The number of carbonyl (C=O) groups excluding carboxylic acids is 1. The zero-order valence-electron chi connectivity index (χ0n) is 7.99. The summed E-state index contributed by atoms with van der Waals surface area (Å²) in [5.41, 5.74) is 0. The van der Waals surface area contributed by atoms with Crippen molar-refractivity contribution in [1.29, 1.82) is 0 Å². The lowest BCUT2D eigenvalue weighted by Crippen LogP contribution is -2.26. The van der Waals surface area contributed by atoms with Crippen LogP contribution in [-0.4, -0.2) is 46.3 Å². The zero-order chi connectivity index (χ0) is 10.2. The number of H-pyrrole nitrogens is 1. The van der Waals surface area contributed by atoms with Gasteiger partial charge in [0, 0.05) is 19.8 Å². The molecule has 1 aromatic heterocycles. The Morgan fingerprint density at radius 3 is 3.14 bits per heavy atom. The number of aromatic nitrogens is 4. The lowest BCUT2D eigenvalue weighted by Gasteiger charge is -2.01. The number of ether oxygens (including phenoxy) is 1. The molecule has 7 nitrogen and oxygen atoms in total. The Hall–Kier alpha value is -1.50. The van der Waals surface area contributed by atoms with Crippen LogP contribution in [0, 0.1) is 0 Å². The minimum absolute atomic E-state index is 0.0569. The Labute approximate surface area is 81.2 Å². The molecule has 1 rings (SSSR count). The summed E-state index contributed by atoms with van der Waals surface area (Å²) in [5, 5.41) is 15.2. The van der Waals surface area contributed by atoms with Crippen molar-refractivity contribution < 1.29 is 9.53 Å². The normalized spacial score (nSPS) is 10.1. The lowest BCUT2D eigenvalue weighted by molar-refractivity contribution is 0.0934. The van der Waals surface area contributed by atoms with E-state index in [0.29, 0.717) is 19.8 Å². The highest BCUT2D eigenvalue weighted by molar-refractivity contribution is 5.89. The molecule has 0 aliphatic heterocycles. The number of amides is 1. The van der Waals surface area contributed by atoms with E-state index in [2.05, 4.69) is 25.9 Å². The first-order valence-electron chi connectivity index (χ1n) is 4.44. The summed E-state index contributed by atoms with van der Waals surface area (Å²) in [5.74, 6) is -0.267. The third-order valence-corrected chi connectivity index (χ3v) is 1.50. The second-order valence-corrected chi connectivity index (χ2v) is 2.54. The van der Waals surface area contributed by atoms with Crippen molar-refractivity contribution in [2.24, 2.45) is 0 Å². The van der Waals surface area contributed by atoms with Gasteiger partial charge in [-0.25, -0.2) is 0 Å². The Kier molecular flexibility index (Phi) is 4.56. The maximum atomic E-state index is 11.2. The highest BCUT2D eigenvalue weighted by atomic mass is 16.5. The maximum absolute atomic E-state index is 11.2. The van der Waals surface area contributed by atoms with Crippen molar-refractivity contribution in [1.82, 2.24) is 25.9 Å². The summed E-state index contributed by atoms with van der Waals surface area (Å²) < 4.78 is 5.10. The van der Waals surface area contributed by atoms with Gasteiger partial charge in [-0.1, -0.05) is 0 Å². The Bertz CT molecular complexity index is 261. The molecule has 0 spiro atoms. The molecular formula is C7H13N5O2. The van der Waals surface area contributed by atoms with Crippen LogP contribution in [0.1, 0.15) is 24.0 Å². The van der Waals surface area contributed by atoms with Crippen molar-refractivity contribution >= 4 is 5.91 Å². The predicted octanol–water partition coefficient (Wildman–Crippen LogP) is -0.644. The molecule has 0 atom stereocenters. The molecule has 7 heteroatoms. The minimum atomic E-state index is -0.324. The van der Waals surface area contributed by atoms with E-state index < -0.39 is 0 Å². The second kappa shape index (κ2) is 6.03. The fourth-order valence-electron chi connectivity index (χ4n) is 0.858. The summed E-state index contributed by atoms with van der Waals surface area (Å²) in [6, 6.07) is 0. The number of hydrogen-bond acceptors (Lipinski definition) is 5. The standard InChI is InChI=1S/C7H13N5O2/c1-2-14-5-3-4-8-7(13)6-9-11-12-10-6/h2-5H2,1H3,(H,8,13)(H,9,10,11,12). The molecule has 1 amide bonds. The number of nitrogens with one attached hydrogen (secondary N) is 2. The number of nitrogens with zero attached hydrogens (tertiary/aromatic N) is 3. The average molecular weight is 199 g/mol. The number of aromatic amines is 1. The summed E-state index contributed by atoms with van der Waals surface area (Å²) in [6.45, 7) is 3.81. The van der Waals surface area contributed by atoms with Gasteiger partial charge in [0.15, 0.2) is 0 Å². The van der Waals surface area contributed by atoms with E-state index in [1.54, 1.807) is 0 Å². The van der Waals surface area contributed by atoms with E-state index in [-0.39, 0.29) is 11.7 Å². The van der Waals surface area contributed by atoms with Gasteiger partial charge >= 0.3 is 0 Å². The molecule has 0 unspecified atom stereocenters. The molecule has 0 fully saturated rings. The van der Waals surface area contributed by atoms with E-state index in [4.69, 9.17) is 4.74 Å². The molecule has 0 saturated carbocycles. The first-order valence-corrected chi connectivity index (χ1v) is 4.44. The molecule has 1 aromatic rings. The van der Waals surface area contributed by atoms with Gasteiger partial charge in [-0.2, -0.15) is 5.21 Å². The van der Waals surface area contributed by atoms with Crippen molar-refractivity contribution in [3.8, 4) is 0 Å². The van der Waals surface area contributed by atoms with Crippen LogP contribution in [0.5, 0.6) is 0 Å². The van der Waals surface area contributed by atoms with Crippen LogP contribution < -0.4 is 5.32 Å². The Morgan fingerprint density at radius 2 is 2.50 bits per heavy atom. The van der Waals surface area contributed by atoms with Crippen molar-refractivity contribution in [2.75, 3.05) is 19.8 Å². The van der Waals surface area contributed by atoms with Crippen molar-refractivity contribution in [3.63, 3.8) is 0 Å². The Morgan fingerprint density at radius 1 is 1.64 bits per heavy atom. The largest absolute Gasteiger partial charge is 0.382 e. The minimum Gasteiger partial charge on any atom is -0.382 e. The van der Waals surface area contributed by atoms with Gasteiger partial charge < -0.3 is 10.1 Å². The predicted molar refractivity (Wildman–Crippen MR) is 47.6 cm³/mol. The molecule has 0 radical (unpaired) electrons. The lowest BCUT2D eigenvalue weighted by atomic mass is 10.4. The van der Waals surface area contributed by atoms with Crippen LogP contribution >= 0.6 is 0 Å². The van der Waals surface area contributed by atoms with Gasteiger partial charge in [-0.15, -0.1) is 10.2 Å². The maximum Gasteiger partial charge on any atom is 0.292 e. The van der Waals surface area contributed by atoms with E-state index in [1.807, 2.05) is 6.92 Å². The Balaban J connectivity index is 2.10. The second-order valence-electron chi connectivity index (χ2n) is 2.54. The highest BCUT2D eigenvalue weighted by Gasteiger charge is 2.08. The topological polar surface area (TPSA) is 92.8 Å². The molecule has 2 N–H and O–H groups in total. The van der Waals surface area contributed by atoms with Gasteiger partial charge in [0.2, 0.25) is 0 Å². The molecule has 78 valence electrons. The van der Waals surface area contributed by atoms with Gasteiger partial charge in [0.25, 0.3) is 11.7 Å². The van der Waals surface area contributed by atoms with Gasteiger partial charge in [-0.3, -0.25) is 4.79 Å². The van der Waals surface area contributed by atoms with Crippen LogP contribution in [-0.2, 0) is 4.74 Å². The quantitative estimate of drug-likeness (QED) is 0.594. The molecule has 1 heterocycles. The van der Waals surface area contributed by atoms with Crippen LogP contribution in [0.2, 0.25) is 0 Å². The van der Waals surface area contributed by atoms with Crippen LogP contribution in [0.3, 0.4) is 0 Å². The van der Waals surface area contributed by atoms with Crippen LogP contribution in [0.4, 0.5) is 0 Å². The highest BCUT2D eigenvalue weighted by Crippen LogP contribution is 1.84. The number of tetrazole rings is 1. The van der Waals surface area contributed by atoms with Gasteiger partial charge in [-0.05, 0) is 18.6 Å². The van der Waals surface area contributed by atoms with Crippen LogP contribution in [0.25, 0.3) is 0 Å². The van der Waals surface area contributed by atoms with E-state index in [0.717, 1.165) is 6.42 Å². The average Bonchev–Trinajstić information content (AvgIpc) is 2.70. The number of hydrogen-bond donors (Lipinski definition) is 2. The van der Waals surface area contributed by atoms with Gasteiger partial charge in [0.05, 0.1) is 0 Å². The smallest absolute Gasteiger partial charge is 0.292 e. The molecular weight excluding hydrogens is 186 g/mol. The molecule has 0 bridgehead atoms. The summed E-state index contributed by atoms with van der Waals surface area (Å²) in [7, 11) is 0. The summed E-state index contributed by atoms with van der Waals surface area (Å²) in [4.78, 5) is 11.2. The molecule has 0 aliphatic carbocycles. The SMILES string of the molecule is CCOCCCNC(=O)c1nn[nH]n1. The van der Waals surface area contributed by atoms with E-state index >= 15 is 0 Å². The zero-order valence-corrected chi connectivity index (χ0v) is 7.99.